The third-order valence-electron chi connectivity index (χ3n) is 4.13. The third kappa shape index (κ3) is 12.2. The Morgan fingerprint density at radius 2 is 1.61 bits per heavy atom. The molecule has 0 aliphatic heterocycles. The maximum absolute atomic E-state index is 12.2. The minimum Gasteiger partial charge on any atom is -0.444 e. The number of nitrogens with zero attached hydrogens (tertiary/aromatic N) is 2. The van der Waals surface area contributed by atoms with Gasteiger partial charge in [0.05, 0.1) is 12.1 Å². The van der Waals surface area contributed by atoms with Crippen LogP contribution in [0.3, 0.4) is 0 Å². The van der Waals surface area contributed by atoms with E-state index in [4.69, 9.17) is 4.74 Å². The van der Waals surface area contributed by atoms with Gasteiger partial charge in [-0.25, -0.2) is 4.79 Å². The highest BCUT2D eigenvalue weighted by Gasteiger charge is 2.30. The Hall–Kier alpha value is -1.26. The number of guanidine groups is 1. The van der Waals surface area contributed by atoms with E-state index in [1.54, 1.807) is 19.0 Å². The summed E-state index contributed by atoms with van der Waals surface area (Å²) in [6.07, 6.45) is 1.41. The molecule has 0 saturated carbocycles. The largest absolute Gasteiger partial charge is 0.444 e. The summed E-state index contributed by atoms with van der Waals surface area (Å²) in [5, 5.41) is 9.32. The summed E-state index contributed by atoms with van der Waals surface area (Å²) in [4.78, 5) is 30.1. The first kappa shape index (κ1) is 28.9. The Labute approximate surface area is 187 Å². The van der Waals surface area contributed by atoms with Gasteiger partial charge in [-0.1, -0.05) is 13.8 Å². The zero-order chi connectivity index (χ0) is 21.1. The molecule has 2 amide bonds. The molecule has 0 spiro atoms. The lowest BCUT2D eigenvalue weighted by molar-refractivity contribution is -0.128. The number of amides is 2. The number of carbonyl (C=O) groups is 2. The van der Waals surface area contributed by atoms with Crippen molar-refractivity contribution in [2.24, 2.45) is 4.99 Å². The highest BCUT2D eigenvalue weighted by molar-refractivity contribution is 14.0. The van der Waals surface area contributed by atoms with Gasteiger partial charge in [-0.2, -0.15) is 0 Å². The molecule has 0 fully saturated rings. The molecule has 0 aromatic heterocycles. The van der Waals surface area contributed by atoms with E-state index in [0.717, 1.165) is 12.8 Å². The first-order valence-corrected chi connectivity index (χ1v) is 9.72. The Morgan fingerprint density at radius 1 is 1.04 bits per heavy atom. The van der Waals surface area contributed by atoms with E-state index in [9.17, 15) is 9.59 Å². The molecule has 0 rings (SSSR count). The molecule has 166 valence electrons. The van der Waals surface area contributed by atoms with Gasteiger partial charge in [0.2, 0.25) is 5.91 Å². The van der Waals surface area contributed by atoms with Gasteiger partial charge in [0.15, 0.2) is 5.96 Å². The van der Waals surface area contributed by atoms with Crippen LogP contribution >= 0.6 is 24.0 Å². The predicted octanol–water partition coefficient (Wildman–Crippen LogP) is 2.72. The lowest BCUT2D eigenvalue weighted by atomic mass is 9.93. The van der Waals surface area contributed by atoms with E-state index < -0.39 is 17.2 Å². The van der Waals surface area contributed by atoms with Crippen LogP contribution in [0.4, 0.5) is 4.79 Å². The van der Waals surface area contributed by atoms with Crippen LogP contribution < -0.4 is 16.0 Å². The van der Waals surface area contributed by atoms with Crippen LogP contribution in [0, 0.1) is 0 Å². The van der Waals surface area contributed by atoms with Gasteiger partial charge in [-0.3, -0.25) is 9.79 Å². The summed E-state index contributed by atoms with van der Waals surface area (Å²) in [6.45, 7) is 13.2. The quantitative estimate of drug-likeness (QED) is 0.251. The van der Waals surface area contributed by atoms with E-state index in [-0.39, 0.29) is 29.9 Å². The van der Waals surface area contributed by atoms with E-state index in [1.165, 1.54) is 0 Å². The number of ether oxygens (including phenoxy) is 1. The van der Waals surface area contributed by atoms with Crippen LogP contribution in [0.2, 0.25) is 0 Å². The lowest BCUT2D eigenvalue weighted by Crippen LogP contribution is -2.52. The fourth-order valence-corrected chi connectivity index (χ4v) is 2.29. The highest BCUT2D eigenvalue weighted by Crippen LogP contribution is 2.17. The molecule has 0 aliphatic carbocycles. The molecule has 0 aromatic carbocycles. The molecule has 0 aliphatic rings. The van der Waals surface area contributed by atoms with Crippen molar-refractivity contribution >= 4 is 41.9 Å². The number of hydrogen-bond donors (Lipinski definition) is 3. The zero-order valence-corrected chi connectivity index (χ0v) is 21.1. The van der Waals surface area contributed by atoms with Gasteiger partial charge >= 0.3 is 6.09 Å². The number of aliphatic imine (C=N–C) groups is 1. The highest BCUT2D eigenvalue weighted by atomic mass is 127. The van der Waals surface area contributed by atoms with Crippen molar-refractivity contribution in [3.63, 3.8) is 0 Å². The second-order valence-electron chi connectivity index (χ2n) is 7.77. The molecule has 0 aromatic rings. The minimum atomic E-state index is -0.546. The molecular weight excluding hydrogens is 473 g/mol. The van der Waals surface area contributed by atoms with Gasteiger partial charge in [0.25, 0.3) is 0 Å². The maximum atomic E-state index is 12.2. The third-order valence-corrected chi connectivity index (χ3v) is 4.13. The fraction of sp³-hybridized carbons (Fsp3) is 0.842. The van der Waals surface area contributed by atoms with E-state index in [1.807, 2.05) is 41.5 Å². The average Bonchev–Trinajstić information content (AvgIpc) is 2.56. The van der Waals surface area contributed by atoms with Gasteiger partial charge in [0, 0.05) is 33.6 Å². The van der Waals surface area contributed by atoms with Crippen molar-refractivity contribution in [3.8, 4) is 0 Å². The van der Waals surface area contributed by atoms with Crippen molar-refractivity contribution in [2.75, 3.05) is 33.7 Å². The molecule has 9 heteroatoms. The van der Waals surface area contributed by atoms with E-state index in [0.29, 0.717) is 32.0 Å². The number of hydrogen-bond acceptors (Lipinski definition) is 4. The number of nitrogens with one attached hydrogen (secondary N) is 3. The van der Waals surface area contributed by atoms with Gasteiger partial charge in [0.1, 0.15) is 5.60 Å². The van der Waals surface area contributed by atoms with Crippen LogP contribution in [0.5, 0.6) is 0 Å². The Balaban J connectivity index is 0. The number of rotatable bonds is 9. The number of halogens is 1. The summed E-state index contributed by atoms with van der Waals surface area (Å²) in [6, 6.07) is 0. The molecule has 8 nitrogen and oxygen atoms in total. The molecule has 0 heterocycles. The van der Waals surface area contributed by atoms with Crippen LogP contribution in [-0.4, -0.2) is 67.7 Å². The topological polar surface area (TPSA) is 95.1 Å². The Bertz CT molecular complexity index is 500. The van der Waals surface area contributed by atoms with Gasteiger partial charge < -0.3 is 25.6 Å². The molecule has 28 heavy (non-hydrogen) atoms. The SMILES string of the molecule is CCNC(=NCC(CC)(CC)NC(=O)OC(C)(C)C)NCCC(=O)N(C)C.I. The summed E-state index contributed by atoms with van der Waals surface area (Å²) in [5.41, 5.74) is -1.03. The molecule has 0 bridgehead atoms. The van der Waals surface area contributed by atoms with Crippen LogP contribution in [0.15, 0.2) is 4.99 Å². The second kappa shape index (κ2) is 13.8. The lowest BCUT2D eigenvalue weighted by Gasteiger charge is -2.32. The summed E-state index contributed by atoms with van der Waals surface area (Å²) >= 11 is 0. The average molecular weight is 513 g/mol. The van der Waals surface area contributed by atoms with Crippen LogP contribution in [0.1, 0.15) is 60.8 Å². The zero-order valence-electron chi connectivity index (χ0n) is 18.8. The van der Waals surface area contributed by atoms with E-state index >= 15 is 0 Å². The smallest absolute Gasteiger partial charge is 0.408 e. The first-order valence-electron chi connectivity index (χ1n) is 9.72. The van der Waals surface area contributed by atoms with E-state index in [2.05, 4.69) is 20.9 Å². The summed E-state index contributed by atoms with van der Waals surface area (Å²) in [5.74, 6) is 0.683. The number of carbonyl (C=O) groups excluding carboxylic acids is 2. The van der Waals surface area contributed by atoms with Crippen molar-refractivity contribution in [3.05, 3.63) is 0 Å². The standard InChI is InChI=1S/C19H39N5O3.HI/c1-9-19(10-2,23-17(26)27-18(4,5)6)14-22-16(20-11-3)21-13-12-15(25)24(7)8;/h9-14H2,1-8H3,(H,23,26)(H2,20,21,22);1H. The maximum Gasteiger partial charge on any atom is 0.408 e. The normalized spacial score (nSPS) is 11.9. The summed E-state index contributed by atoms with van der Waals surface area (Å²) in [7, 11) is 3.47. The van der Waals surface area contributed by atoms with Crippen molar-refractivity contribution < 1.29 is 14.3 Å². The molecule has 0 radical (unpaired) electrons. The van der Waals surface area contributed by atoms with Crippen LogP contribution in [0.25, 0.3) is 0 Å². The molecule has 0 unspecified atom stereocenters. The molecule has 0 atom stereocenters. The Morgan fingerprint density at radius 3 is 2.04 bits per heavy atom. The van der Waals surface area contributed by atoms with Gasteiger partial charge in [-0.15, -0.1) is 24.0 Å². The minimum absolute atomic E-state index is 0. The second-order valence-corrected chi connectivity index (χ2v) is 7.77. The van der Waals surface area contributed by atoms with Crippen molar-refractivity contribution in [1.29, 1.82) is 0 Å². The molecule has 3 N–H and O–H groups in total. The van der Waals surface area contributed by atoms with Crippen LogP contribution in [-0.2, 0) is 9.53 Å². The molecule has 0 saturated heterocycles. The fourth-order valence-electron chi connectivity index (χ4n) is 2.29. The van der Waals surface area contributed by atoms with Gasteiger partial charge in [-0.05, 0) is 40.5 Å². The molecular formula is C19H40IN5O3. The first-order chi connectivity index (χ1) is 12.5. The van der Waals surface area contributed by atoms with Crippen molar-refractivity contribution in [2.45, 2.75) is 71.9 Å². The Kier molecular flexibility index (Phi) is 14.3. The van der Waals surface area contributed by atoms with Crippen molar-refractivity contribution in [1.82, 2.24) is 20.9 Å². The monoisotopic (exact) mass is 513 g/mol. The predicted molar refractivity (Wildman–Crippen MR) is 125 cm³/mol. The number of alkyl carbamates (subject to hydrolysis) is 1. The summed E-state index contributed by atoms with van der Waals surface area (Å²) < 4.78 is 5.39.